The molecule has 1 aliphatic carbocycles. The number of aryl methyl sites for hydroxylation is 1. The van der Waals surface area contributed by atoms with Gasteiger partial charge >= 0.3 is 0 Å². The first-order chi connectivity index (χ1) is 11.2. The Hall–Kier alpha value is -2.87. The van der Waals surface area contributed by atoms with Gasteiger partial charge in [0.15, 0.2) is 5.78 Å². The molecule has 1 aliphatic rings. The van der Waals surface area contributed by atoms with Crippen molar-refractivity contribution in [1.29, 1.82) is 0 Å². The SMILES string of the molecule is COc1ccc2c(c1)C(=O)c1c(C)cc(-c3ccccc3)cc1-2. The van der Waals surface area contributed by atoms with Crippen LogP contribution in [0, 0.1) is 6.92 Å². The summed E-state index contributed by atoms with van der Waals surface area (Å²) >= 11 is 0. The molecule has 0 heterocycles. The highest BCUT2D eigenvalue weighted by Crippen LogP contribution is 2.42. The minimum absolute atomic E-state index is 0.0889. The molecule has 23 heavy (non-hydrogen) atoms. The Morgan fingerprint density at radius 3 is 2.30 bits per heavy atom. The summed E-state index contributed by atoms with van der Waals surface area (Å²) < 4.78 is 5.26. The summed E-state index contributed by atoms with van der Waals surface area (Å²) in [6.07, 6.45) is 0. The molecule has 0 aromatic heterocycles. The summed E-state index contributed by atoms with van der Waals surface area (Å²) in [5, 5.41) is 0. The maximum absolute atomic E-state index is 12.8. The number of hydrogen-bond donors (Lipinski definition) is 0. The van der Waals surface area contributed by atoms with Crippen LogP contribution in [0.25, 0.3) is 22.3 Å². The maximum Gasteiger partial charge on any atom is 0.194 e. The molecule has 0 atom stereocenters. The molecule has 0 radical (unpaired) electrons. The van der Waals surface area contributed by atoms with E-state index in [0.29, 0.717) is 5.75 Å². The van der Waals surface area contributed by atoms with Crippen molar-refractivity contribution in [3.63, 3.8) is 0 Å². The van der Waals surface area contributed by atoms with Gasteiger partial charge in [-0.15, -0.1) is 0 Å². The molecular weight excluding hydrogens is 284 g/mol. The van der Waals surface area contributed by atoms with Gasteiger partial charge in [0.05, 0.1) is 7.11 Å². The average molecular weight is 300 g/mol. The van der Waals surface area contributed by atoms with Crippen LogP contribution < -0.4 is 4.74 Å². The molecule has 0 bridgehead atoms. The molecular formula is C21H16O2. The third kappa shape index (κ3) is 2.07. The number of carbonyl (C=O) groups is 1. The molecule has 3 aromatic rings. The van der Waals surface area contributed by atoms with Crippen molar-refractivity contribution in [2.75, 3.05) is 7.11 Å². The Morgan fingerprint density at radius 1 is 0.783 bits per heavy atom. The number of methoxy groups -OCH3 is 1. The zero-order valence-corrected chi connectivity index (χ0v) is 13.1. The van der Waals surface area contributed by atoms with E-state index in [0.717, 1.165) is 38.9 Å². The van der Waals surface area contributed by atoms with Crippen molar-refractivity contribution in [3.05, 3.63) is 77.4 Å². The molecule has 0 amide bonds. The summed E-state index contributed by atoms with van der Waals surface area (Å²) in [6, 6.07) is 20.2. The number of fused-ring (bicyclic) bond motifs is 3. The second kappa shape index (κ2) is 5.10. The van der Waals surface area contributed by atoms with E-state index in [1.807, 2.05) is 43.3 Å². The molecule has 0 spiro atoms. The minimum Gasteiger partial charge on any atom is -0.497 e. The highest BCUT2D eigenvalue weighted by Gasteiger charge is 2.29. The molecule has 2 nitrogen and oxygen atoms in total. The van der Waals surface area contributed by atoms with E-state index in [4.69, 9.17) is 4.74 Å². The van der Waals surface area contributed by atoms with E-state index in [1.165, 1.54) is 0 Å². The van der Waals surface area contributed by atoms with Crippen LogP contribution in [0.15, 0.2) is 60.7 Å². The zero-order valence-electron chi connectivity index (χ0n) is 13.1. The lowest BCUT2D eigenvalue weighted by Gasteiger charge is -2.09. The molecule has 0 N–H and O–H groups in total. The molecule has 0 saturated carbocycles. The summed E-state index contributed by atoms with van der Waals surface area (Å²) in [4.78, 5) is 12.8. The molecule has 4 rings (SSSR count). The summed E-state index contributed by atoms with van der Waals surface area (Å²) in [7, 11) is 1.62. The Kier molecular flexibility index (Phi) is 3.05. The lowest BCUT2D eigenvalue weighted by atomic mass is 9.95. The number of ether oxygens (including phenoxy) is 1. The van der Waals surface area contributed by atoms with Gasteiger partial charge in [0, 0.05) is 11.1 Å². The molecule has 3 aromatic carbocycles. The van der Waals surface area contributed by atoms with Gasteiger partial charge in [-0.3, -0.25) is 4.79 Å². The topological polar surface area (TPSA) is 26.3 Å². The second-order valence-corrected chi connectivity index (χ2v) is 5.82. The first kappa shape index (κ1) is 13.8. The second-order valence-electron chi connectivity index (χ2n) is 5.82. The maximum atomic E-state index is 12.8. The molecule has 0 unspecified atom stereocenters. The van der Waals surface area contributed by atoms with Gasteiger partial charge in [-0.1, -0.05) is 36.4 Å². The largest absolute Gasteiger partial charge is 0.497 e. The number of rotatable bonds is 2. The molecule has 0 fully saturated rings. The van der Waals surface area contributed by atoms with Crippen molar-refractivity contribution >= 4 is 5.78 Å². The van der Waals surface area contributed by atoms with Crippen LogP contribution in [0.2, 0.25) is 0 Å². The van der Waals surface area contributed by atoms with Crippen LogP contribution in [0.1, 0.15) is 21.5 Å². The monoisotopic (exact) mass is 300 g/mol. The third-order valence-corrected chi connectivity index (χ3v) is 4.43. The van der Waals surface area contributed by atoms with E-state index >= 15 is 0 Å². The fraction of sp³-hybridized carbons (Fsp3) is 0.0952. The van der Waals surface area contributed by atoms with Gasteiger partial charge in [-0.2, -0.15) is 0 Å². The van der Waals surface area contributed by atoms with Crippen molar-refractivity contribution in [3.8, 4) is 28.0 Å². The predicted octanol–water partition coefficient (Wildman–Crippen LogP) is 4.88. The number of benzene rings is 3. The van der Waals surface area contributed by atoms with Crippen molar-refractivity contribution in [1.82, 2.24) is 0 Å². The Labute approximate surface area is 135 Å². The van der Waals surface area contributed by atoms with Gasteiger partial charge in [-0.25, -0.2) is 0 Å². The zero-order chi connectivity index (χ0) is 16.0. The Balaban J connectivity index is 1.95. The van der Waals surface area contributed by atoms with E-state index in [-0.39, 0.29) is 5.78 Å². The van der Waals surface area contributed by atoms with Crippen LogP contribution in [0.5, 0.6) is 5.75 Å². The lowest BCUT2D eigenvalue weighted by molar-refractivity contribution is 0.104. The van der Waals surface area contributed by atoms with Crippen LogP contribution >= 0.6 is 0 Å². The van der Waals surface area contributed by atoms with Crippen LogP contribution in [-0.4, -0.2) is 12.9 Å². The minimum atomic E-state index is 0.0889. The van der Waals surface area contributed by atoms with Crippen molar-refractivity contribution in [2.45, 2.75) is 6.92 Å². The highest BCUT2D eigenvalue weighted by molar-refractivity contribution is 6.23. The van der Waals surface area contributed by atoms with Gasteiger partial charge in [-0.05, 0) is 59.0 Å². The lowest BCUT2D eigenvalue weighted by Crippen LogP contribution is -1.98. The number of carbonyl (C=O) groups excluding carboxylic acids is 1. The molecule has 0 saturated heterocycles. The fourth-order valence-electron chi connectivity index (χ4n) is 3.31. The summed E-state index contributed by atoms with van der Waals surface area (Å²) in [5.74, 6) is 0.803. The first-order valence-corrected chi connectivity index (χ1v) is 7.62. The number of hydrogen-bond acceptors (Lipinski definition) is 2. The quantitative estimate of drug-likeness (QED) is 0.527. The van der Waals surface area contributed by atoms with Gasteiger partial charge in [0.2, 0.25) is 0 Å². The van der Waals surface area contributed by atoms with E-state index < -0.39 is 0 Å². The summed E-state index contributed by atoms with van der Waals surface area (Å²) in [5.41, 5.74) is 6.87. The van der Waals surface area contributed by atoms with Crippen molar-refractivity contribution in [2.24, 2.45) is 0 Å². The predicted molar refractivity (Wildman–Crippen MR) is 92.0 cm³/mol. The molecule has 2 heteroatoms. The first-order valence-electron chi connectivity index (χ1n) is 7.62. The summed E-state index contributed by atoms with van der Waals surface area (Å²) in [6.45, 7) is 2.01. The molecule has 112 valence electrons. The number of ketones is 1. The normalized spacial score (nSPS) is 12.0. The van der Waals surface area contributed by atoms with E-state index in [2.05, 4.69) is 24.3 Å². The van der Waals surface area contributed by atoms with Crippen LogP contribution in [-0.2, 0) is 0 Å². The van der Waals surface area contributed by atoms with E-state index in [1.54, 1.807) is 7.11 Å². The van der Waals surface area contributed by atoms with Crippen molar-refractivity contribution < 1.29 is 9.53 Å². The smallest absolute Gasteiger partial charge is 0.194 e. The van der Waals surface area contributed by atoms with Crippen LogP contribution in [0.3, 0.4) is 0 Å². The standard InChI is InChI=1S/C21H16O2/c1-13-10-15(14-6-4-3-5-7-14)11-18-17-9-8-16(23-2)12-19(17)21(22)20(13)18/h3-12H,1-2H3. The highest BCUT2D eigenvalue weighted by atomic mass is 16.5. The average Bonchev–Trinajstić information content (AvgIpc) is 2.88. The Bertz CT molecular complexity index is 924. The van der Waals surface area contributed by atoms with Gasteiger partial charge < -0.3 is 4.74 Å². The fourth-order valence-corrected chi connectivity index (χ4v) is 3.31. The van der Waals surface area contributed by atoms with Gasteiger partial charge in [0.25, 0.3) is 0 Å². The van der Waals surface area contributed by atoms with Gasteiger partial charge in [0.1, 0.15) is 5.75 Å². The Morgan fingerprint density at radius 2 is 1.57 bits per heavy atom. The molecule has 0 aliphatic heterocycles. The van der Waals surface area contributed by atoms with E-state index in [9.17, 15) is 4.79 Å². The third-order valence-electron chi connectivity index (χ3n) is 4.43. The van der Waals surface area contributed by atoms with Crippen LogP contribution in [0.4, 0.5) is 0 Å².